The molecule has 0 unspecified atom stereocenters. The number of carbonyl (C=O) groups excluding carboxylic acids is 3. The standard InChI is InChI=1S/C24H30N4O3S/c1-2-10-24(19-6-12-27(13-7-19)21(29)16-18-9-15-32-17-18)22(30)28(23(31)26-24)14-8-20-5-3-4-11-25-20/h3-5,9,11,15,17,19H,2,6-8,10,12-14,16H2,1H3,(H,26,31)/t24-/m1/s1. The molecular formula is C24H30N4O3S. The predicted molar refractivity (Wildman–Crippen MR) is 123 cm³/mol. The van der Waals surface area contributed by atoms with Crippen LogP contribution in [-0.2, 0) is 22.4 Å². The molecule has 0 radical (unpaired) electrons. The quantitative estimate of drug-likeness (QED) is 0.621. The second-order valence-electron chi connectivity index (χ2n) is 8.64. The summed E-state index contributed by atoms with van der Waals surface area (Å²) in [4.78, 5) is 46.5. The lowest BCUT2D eigenvalue weighted by molar-refractivity contribution is -0.136. The summed E-state index contributed by atoms with van der Waals surface area (Å²) >= 11 is 1.60. The minimum absolute atomic E-state index is 0.0314. The molecule has 7 nitrogen and oxygen atoms in total. The Kier molecular flexibility index (Phi) is 6.89. The van der Waals surface area contributed by atoms with Crippen molar-refractivity contribution in [1.29, 1.82) is 0 Å². The average molecular weight is 455 g/mol. The number of carbonyl (C=O) groups is 3. The van der Waals surface area contributed by atoms with Crippen molar-refractivity contribution in [3.63, 3.8) is 0 Å². The molecule has 4 amide bonds. The van der Waals surface area contributed by atoms with Crippen molar-refractivity contribution in [3.05, 3.63) is 52.5 Å². The Morgan fingerprint density at radius 3 is 2.72 bits per heavy atom. The number of hydrogen-bond acceptors (Lipinski definition) is 5. The highest BCUT2D eigenvalue weighted by Crippen LogP contribution is 2.37. The van der Waals surface area contributed by atoms with E-state index in [1.807, 2.05) is 46.8 Å². The van der Waals surface area contributed by atoms with Crippen molar-refractivity contribution in [1.82, 2.24) is 20.1 Å². The van der Waals surface area contributed by atoms with Gasteiger partial charge in [0.15, 0.2) is 0 Å². The van der Waals surface area contributed by atoms with E-state index in [-0.39, 0.29) is 23.8 Å². The number of hydrogen-bond donors (Lipinski definition) is 1. The second kappa shape index (κ2) is 9.81. The number of thiophene rings is 1. The third-order valence-corrected chi connectivity index (χ3v) is 7.38. The zero-order valence-corrected chi connectivity index (χ0v) is 19.3. The predicted octanol–water partition coefficient (Wildman–Crippen LogP) is 3.26. The first kappa shape index (κ1) is 22.5. The Labute approximate surface area is 192 Å². The van der Waals surface area contributed by atoms with Crippen LogP contribution in [-0.4, -0.2) is 57.8 Å². The summed E-state index contributed by atoms with van der Waals surface area (Å²) in [6, 6.07) is 7.33. The molecule has 2 aromatic heterocycles. The minimum atomic E-state index is -0.863. The molecule has 170 valence electrons. The van der Waals surface area contributed by atoms with Crippen molar-refractivity contribution in [2.75, 3.05) is 19.6 Å². The molecule has 2 aliphatic rings. The van der Waals surface area contributed by atoms with Crippen LogP contribution >= 0.6 is 11.3 Å². The molecular weight excluding hydrogens is 424 g/mol. The van der Waals surface area contributed by atoms with E-state index in [2.05, 4.69) is 10.3 Å². The first-order valence-corrected chi connectivity index (χ1v) is 12.3. The smallest absolute Gasteiger partial charge is 0.325 e. The summed E-state index contributed by atoms with van der Waals surface area (Å²) in [5.41, 5.74) is 1.04. The molecule has 8 heteroatoms. The van der Waals surface area contributed by atoms with Crippen molar-refractivity contribution in [3.8, 4) is 0 Å². The van der Waals surface area contributed by atoms with E-state index in [1.165, 1.54) is 4.90 Å². The topological polar surface area (TPSA) is 82.6 Å². The monoisotopic (exact) mass is 454 g/mol. The van der Waals surface area contributed by atoms with Gasteiger partial charge in [-0.3, -0.25) is 19.5 Å². The maximum atomic E-state index is 13.5. The third kappa shape index (κ3) is 4.55. The van der Waals surface area contributed by atoms with Crippen LogP contribution in [0, 0.1) is 5.92 Å². The van der Waals surface area contributed by atoms with E-state index in [1.54, 1.807) is 17.5 Å². The van der Waals surface area contributed by atoms with Gasteiger partial charge in [0, 0.05) is 37.9 Å². The van der Waals surface area contributed by atoms with Gasteiger partial charge in [-0.25, -0.2) is 4.79 Å². The van der Waals surface area contributed by atoms with Gasteiger partial charge >= 0.3 is 6.03 Å². The molecule has 0 aliphatic carbocycles. The van der Waals surface area contributed by atoms with Gasteiger partial charge in [-0.05, 0) is 59.7 Å². The fraction of sp³-hybridized carbons (Fsp3) is 0.500. The number of nitrogens with one attached hydrogen (secondary N) is 1. The number of piperidine rings is 1. The van der Waals surface area contributed by atoms with Crippen LogP contribution in [0.15, 0.2) is 41.2 Å². The molecule has 4 heterocycles. The molecule has 0 spiro atoms. The fourth-order valence-electron chi connectivity index (χ4n) is 4.97. The van der Waals surface area contributed by atoms with E-state index in [4.69, 9.17) is 0 Å². The zero-order valence-electron chi connectivity index (χ0n) is 18.5. The maximum Gasteiger partial charge on any atom is 0.325 e. The molecule has 2 saturated heterocycles. The number of nitrogens with zero attached hydrogens (tertiary/aromatic N) is 3. The molecule has 0 saturated carbocycles. The lowest BCUT2D eigenvalue weighted by atomic mass is 9.74. The van der Waals surface area contributed by atoms with Gasteiger partial charge in [0.05, 0.1) is 6.42 Å². The summed E-state index contributed by atoms with van der Waals surface area (Å²) in [6.45, 7) is 3.61. The summed E-state index contributed by atoms with van der Waals surface area (Å²) in [5, 5.41) is 7.06. The fourth-order valence-corrected chi connectivity index (χ4v) is 5.63. The largest absolute Gasteiger partial charge is 0.342 e. The third-order valence-electron chi connectivity index (χ3n) is 6.64. The first-order chi connectivity index (χ1) is 15.5. The normalized spacial score (nSPS) is 21.8. The maximum absolute atomic E-state index is 13.5. The lowest BCUT2D eigenvalue weighted by Gasteiger charge is -2.41. The molecule has 2 fully saturated rings. The summed E-state index contributed by atoms with van der Waals surface area (Å²) in [5.74, 6) is 0.0393. The first-order valence-electron chi connectivity index (χ1n) is 11.4. The highest BCUT2D eigenvalue weighted by molar-refractivity contribution is 7.08. The molecule has 1 atom stereocenters. The zero-order chi connectivity index (χ0) is 22.6. The van der Waals surface area contributed by atoms with Gasteiger partial charge in [-0.2, -0.15) is 11.3 Å². The van der Waals surface area contributed by atoms with Crippen LogP contribution in [0.4, 0.5) is 4.79 Å². The van der Waals surface area contributed by atoms with Gasteiger partial charge in [-0.1, -0.05) is 19.4 Å². The van der Waals surface area contributed by atoms with Gasteiger partial charge in [0.1, 0.15) is 5.54 Å². The Hall–Kier alpha value is -2.74. The molecule has 2 aromatic rings. The highest BCUT2D eigenvalue weighted by atomic mass is 32.1. The number of urea groups is 1. The Morgan fingerprint density at radius 2 is 2.06 bits per heavy atom. The number of pyridine rings is 1. The van der Waals surface area contributed by atoms with Crippen molar-refractivity contribution >= 4 is 29.2 Å². The van der Waals surface area contributed by atoms with Crippen LogP contribution in [0.25, 0.3) is 0 Å². The van der Waals surface area contributed by atoms with Crippen LogP contribution < -0.4 is 5.32 Å². The van der Waals surface area contributed by atoms with Crippen LogP contribution in [0.3, 0.4) is 0 Å². The molecule has 4 rings (SSSR count). The van der Waals surface area contributed by atoms with Gasteiger partial charge < -0.3 is 10.2 Å². The number of amides is 4. The number of imide groups is 1. The number of rotatable bonds is 8. The highest BCUT2D eigenvalue weighted by Gasteiger charge is 2.55. The number of likely N-dealkylation sites (tertiary alicyclic amines) is 1. The summed E-state index contributed by atoms with van der Waals surface area (Å²) < 4.78 is 0. The van der Waals surface area contributed by atoms with Crippen molar-refractivity contribution in [2.45, 2.75) is 51.0 Å². The minimum Gasteiger partial charge on any atom is -0.342 e. The lowest BCUT2D eigenvalue weighted by Crippen LogP contribution is -2.56. The molecule has 2 aliphatic heterocycles. The van der Waals surface area contributed by atoms with Crippen LogP contribution in [0.5, 0.6) is 0 Å². The Balaban J connectivity index is 1.40. The molecule has 0 bridgehead atoms. The SMILES string of the molecule is CCC[C@]1(C2CCN(C(=O)Cc3ccsc3)CC2)NC(=O)N(CCc2ccccn2)C1=O. The van der Waals surface area contributed by atoms with E-state index < -0.39 is 5.54 Å². The Bertz CT molecular complexity index is 941. The van der Waals surface area contributed by atoms with E-state index >= 15 is 0 Å². The van der Waals surface area contributed by atoms with Gasteiger partial charge in [0.25, 0.3) is 5.91 Å². The van der Waals surface area contributed by atoms with Gasteiger partial charge in [-0.15, -0.1) is 0 Å². The van der Waals surface area contributed by atoms with Crippen LogP contribution in [0.1, 0.15) is 43.9 Å². The van der Waals surface area contributed by atoms with E-state index in [0.717, 1.165) is 30.5 Å². The second-order valence-corrected chi connectivity index (χ2v) is 9.42. The van der Waals surface area contributed by atoms with E-state index in [9.17, 15) is 14.4 Å². The summed E-state index contributed by atoms with van der Waals surface area (Å²) in [6.07, 6.45) is 5.53. The molecule has 1 N–H and O–H groups in total. The van der Waals surface area contributed by atoms with Gasteiger partial charge in [0.2, 0.25) is 5.91 Å². The Morgan fingerprint density at radius 1 is 1.25 bits per heavy atom. The summed E-state index contributed by atoms with van der Waals surface area (Å²) in [7, 11) is 0. The van der Waals surface area contributed by atoms with Crippen LogP contribution in [0.2, 0.25) is 0 Å². The molecule has 32 heavy (non-hydrogen) atoms. The van der Waals surface area contributed by atoms with Crippen molar-refractivity contribution in [2.24, 2.45) is 5.92 Å². The molecule has 0 aromatic carbocycles. The average Bonchev–Trinajstić information content (AvgIpc) is 3.40. The van der Waals surface area contributed by atoms with Crippen molar-refractivity contribution < 1.29 is 14.4 Å². The van der Waals surface area contributed by atoms with E-state index in [0.29, 0.717) is 38.9 Å². The number of aromatic nitrogens is 1.